The van der Waals surface area contributed by atoms with Crippen molar-refractivity contribution >= 4 is 28.0 Å². The summed E-state index contributed by atoms with van der Waals surface area (Å²) in [5.41, 5.74) is 4.92. The number of carbonyl (C=O) groups is 1. The molecule has 0 saturated heterocycles. The molecular weight excluding hydrogens is 498 g/mol. The number of rotatable bonds is 11. The van der Waals surface area contributed by atoms with Crippen LogP contribution in [0.25, 0.3) is 22.0 Å². The third-order valence-corrected chi connectivity index (χ3v) is 6.29. The monoisotopic (exact) mass is 530 g/mol. The highest BCUT2D eigenvalue weighted by Crippen LogP contribution is 2.36. The zero-order valence-electron chi connectivity index (χ0n) is 22.3. The number of likely N-dealkylation sites (N-methyl/N-ethyl adjacent to an activating group) is 1. The number of hydrogen-bond acceptors (Lipinski definition) is 4. The molecule has 1 amide bonds. The summed E-state index contributed by atoms with van der Waals surface area (Å²) in [6.45, 7) is 3.66. The van der Waals surface area contributed by atoms with Crippen LogP contribution in [0.2, 0.25) is 0 Å². The van der Waals surface area contributed by atoms with E-state index in [4.69, 9.17) is 4.74 Å². The smallest absolute Gasteiger partial charge is 0.245 e. The first-order chi connectivity index (χ1) is 18.9. The number of carbonyl (C=O) groups excluding carboxylic acids is 1. The summed E-state index contributed by atoms with van der Waals surface area (Å²) in [7, 11) is 3.42. The van der Waals surface area contributed by atoms with Crippen molar-refractivity contribution in [3.8, 4) is 5.75 Å². The number of aromatic nitrogens is 2. The van der Waals surface area contributed by atoms with Crippen LogP contribution in [0.5, 0.6) is 5.75 Å². The van der Waals surface area contributed by atoms with E-state index in [9.17, 15) is 13.6 Å². The highest BCUT2D eigenvalue weighted by molar-refractivity contribution is 6.00. The normalized spacial score (nSPS) is 12.1. The highest BCUT2D eigenvalue weighted by atomic mass is 19.1. The van der Waals surface area contributed by atoms with Crippen molar-refractivity contribution in [3.63, 3.8) is 0 Å². The first-order valence-corrected chi connectivity index (χ1v) is 12.8. The Bertz CT molecular complexity index is 1490. The number of fused-ring (bicyclic) bond motifs is 1. The standard InChI is InChI=1S/C31H32F2N4O2/c1-4-26(22-7-5-8-24(32)19-22)30(23-12-15-28-27(20-23)31(33)36-35-28)21-10-13-25(14-11-21)39-18-17-34-16-6-9-29(38)37(2)3/h5-15,19-20,34H,4,16-18H2,1-3H3,(H,35,36). The number of H-pyrrole nitrogens is 1. The molecule has 0 unspecified atom stereocenters. The summed E-state index contributed by atoms with van der Waals surface area (Å²) in [4.78, 5) is 13.1. The van der Waals surface area contributed by atoms with Gasteiger partial charge in [-0.1, -0.05) is 43.3 Å². The number of allylic oxidation sites excluding steroid dienone is 1. The molecule has 2 N–H and O–H groups in total. The van der Waals surface area contributed by atoms with Gasteiger partial charge in [-0.3, -0.25) is 9.89 Å². The number of aromatic amines is 1. The van der Waals surface area contributed by atoms with E-state index in [-0.39, 0.29) is 11.7 Å². The van der Waals surface area contributed by atoms with Gasteiger partial charge in [0.1, 0.15) is 18.2 Å². The molecule has 0 aliphatic rings. The predicted molar refractivity (Wildman–Crippen MR) is 151 cm³/mol. The molecule has 4 aromatic rings. The molecule has 0 aliphatic heterocycles. The van der Waals surface area contributed by atoms with Crippen molar-refractivity contribution in [2.45, 2.75) is 13.3 Å². The van der Waals surface area contributed by atoms with E-state index in [1.165, 1.54) is 23.1 Å². The lowest BCUT2D eigenvalue weighted by atomic mass is 9.88. The second-order valence-electron chi connectivity index (χ2n) is 9.20. The Morgan fingerprint density at radius 2 is 1.79 bits per heavy atom. The van der Waals surface area contributed by atoms with Gasteiger partial charge in [0, 0.05) is 33.3 Å². The van der Waals surface area contributed by atoms with Crippen LogP contribution < -0.4 is 10.1 Å². The fourth-order valence-electron chi connectivity index (χ4n) is 4.31. The fraction of sp³-hybridized carbons (Fsp3) is 0.226. The maximum Gasteiger partial charge on any atom is 0.245 e. The van der Waals surface area contributed by atoms with Crippen LogP contribution in [0.4, 0.5) is 8.78 Å². The van der Waals surface area contributed by atoms with Crippen molar-refractivity contribution in [2.75, 3.05) is 33.8 Å². The number of nitrogens with zero attached hydrogens (tertiary/aromatic N) is 2. The van der Waals surface area contributed by atoms with Crippen LogP contribution in [0.3, 0.4) is 0 Å². The third-order valence-electron chi connectivity index (χ3n) is 6.29. The van der Waals surface area contributed by atoms with Gasteiger partial charge < -0.3 is 15.0 Å². The molecule has 39 heavy (non-hydrogen) atoms. The van der Waals surface area contributed by atoms with Crippen LogP contribution in [0.15, 0.2) is 78.9 Å². The SMILES string of the molecule is CCC(=C(c1ccc(OCCNCC=CC(=O)N(C)C)cc1)c1ccc2[nH]nc(F)c2c1)c1cccc(F)c1. The van der Waals surface area contributed by atoms with Gasteiger partial charge in [0.15, 0.2) is 0 Å². The van der Waals surface area contributed by atoms with Crippen molar-refractivity contribution in [3.05, 3.63) is 107 Å². The molecular formula is C31H32F2N4O2. The van der Waals surface area contributed by atoms with E-state index in [0.717, 1.165) is 27.8 Å². The average Bonchev–Trinajstić information content (AvgIpc) is 3.31. The number of amides is 1. The summed E-state index contributed by atoms with van der Waals surface area (Å²) in [6, 6.07) is 19.7. The van der Waals surface area contributed by atoms with E-state index >= 15 is 0 Å². The quantitative estimate of drug-likeness (QED) is 0.146. The van der Waals surface area contributed by atoms with E-state index in [1.807, 2.05) is 43.3 Å². The summed E-state index contributed by atoms with van der Waals surface area (Å²) < 4.78 is 34.4. The Morgan fingerprint density at radius 3 is 2.51 bits per heavy atom. The topological polar surface area (TPSA) is 70.2 Å². The Labute approximate surface area is 227 Å². The van der Waals surface area contributed by atoms with Crippen molar-refractivity contribution in [2.24, 2.45) is 0 Å². The van der Waals surface area contributed by atoms with Crippen LogP contribution in [0, 0.1) is 11.8 Å². The van der Waals surface area contributed by atoms with Gasteiger partial charge in [-0.15, -0.1) is 5.10 Å². The Hall–Kier alpha value is -4.30. The van der Waals surface area contributed by atoms with Gasteiger partial charge in [-0.2, -0.15) is 4.39 Å². The summed E-state index contributed by atoms with van der Waals surface area (Å²) in [6.07, 6.45) is 3.95. The maximum atomic E-state index is 14.3. The number of hydrogen-bond donors (Lipinski definition) is 2. The summed E-state index contributed by atoms with van der Waals surface area (Å²) in [5, 5.41) is 9.98. The molecule has 1 aromatic heterocycles. The molecule has 3 aromatic carbocycles. The van der Waals surface area contributed by atoms with Gasteiger partial charge in [0.05, 0.1) is 10.9 Å². The molecule has 6 nitrogen and oxygen atoms in total. The van der Waals surface area contributed by atoms with E-state index in [2.05, 4.69) is 15.5 Å². The van der Waals surface area contributed by atoms with Crippen molar-refractivity contribution < 1.29 is 18.3 Å². The van der Waals surface area contributed by atoms with Crippen molar-refractivity contribution in [1.82, 2.24) is 20.4 Å². The number of halogens is 2. The molecule has 0 saturated carbocycles. The molecule has 8 heteroatoms. The lowest BCUT2D eigenvalue weighted by Crippen LogP contribution is -2.22. The van der Waals surface area contributed by atoms with Gasteiger partial charge in [0.2, 0.25) is 11.9 Å². The van der Waals surface area contributed by atoms with Gasteiger partial charge in [-0.05, 0) is 70.7 Å². The molecule has 0 spiro atoms. The average molecular weight is 531 g/mol. The van der Waals surface area contributed by atoms with E-state index in [1.54, 1.807) is 38.4 Å². The first-order valence-electron chi connectivity index (χ1n) is 12.8. The molecule has 0 bridgehead atoms. The molecule has 0 aliphatic carbocycles. The molecule has 4 rings (SSSR count). The first kappa shape index (κ1) is 27.7. The zero-order chi connectivity index (χ0) is 27.8. The summed E-state index contributed by atoms with van der Waals surface area (Å²) in [5.74, 6) is -0.225. The molecule has 0 fully saturated rings. The minimum absolute atomic E-state index is 0.0555. The van der Waals surface area contributed by atoms with E-state index in [0.29, 0.717) is 42.8 Å². The lowest BCUT2D eigenvalue weighted by molar-refractivity contribution is -0.123. The number of ether oxygens (including phenoxy) is 1. The second-order valence-corrected chi connectivity index (χ2v) is 9.20. The second kappa shape index (κ2) is 13.0. The molecule has 0 atom stereocenters. The largest absolute Gasteiger partial charge is 0.492 e. The number of benzene rings is 3. The van der Waals surface area contributed by atoms with Gasteiger partial charge in [-0.25, -0.2) is 4.39 Å². The highest BCUT2D eigenvalue weighted by Gasteiger charge is 2.16. The van der Waals surface area contributed by atoms with E-state index < -0.39 is 5.95 Å². The fourth-order valence-corrected chi connectivity index (χ4v) is 4.31. The number of nitrogens with one attached hydrogen (secondary N) is 2. The third kappa shape index (κ3) is 6.97. The van der Waals surface area contributed by atoms with Crippen LogP contribution in [-0.4, -0.2) is 54.8 Å². The summed E-state index contributed by atoms with van der Waals surface area (Å²) >= 11 is 0. The zero-order valence-corrected chi connectivity index (χ0v) is 22.3. The van der Waals surface area contributed by atoms with Crippen LogP contribution >= 0.6 is 0 Å². The van der Waals surface area contributed by atoms with Gasteiger partial charge in [0.25, 0.3) is 0 Å². The lowest BCUT2D eigenvalue weighted by Gasteiger charge is -2.17. The van der Waals surface area contributed by atoms with Crippen LogP contribution in [0.1, 0.15) is 30.0 Å². The van der Waals surface area contributed by atoms with Gasteiger partial charge >= 0.3 is 0 Å². The molecule has 202 valence electrons. The Kier molecular flexibility index (Phi) is 9.22. The van der Waals surface area contributed by atoms with Crippen molar-refractivity contribution in [1.29, 1.82) is 0 Å². The molecule has 0 radical (unpaired) electrons. The Balaban J connectivity index is 1.55. The molecule has 1 heterocycles. The minimum Gasteiger partial charge on any atom is -0.492 e. The predicted octanol–water partition coefficient (Wildman–Crippen LogP) is 5.82. The van der Waals surface area contributed by atoms with Crippen LogP contribution in [-0.2, 0) is 4.79 Å². The minimum atomic E-state index is -0.563. The maximum absolute atomic E-state index is 14.3. The Morgan fingerprint density at radius 1 is 1.03 bits per heavy atom.